The van der Waals surface area contributed by atoms with E-state index in [0.717, 1.165) is 45.6 Å². The van der Waals surface area contributed by atoms with Gasteiger partial charge in [-0.15, -0.1) is 0 Å². The first-order valence-electron chi connectivity index (χ1n) is 22.3. The van der Waals surface area contributed by atoms with Gasteiger partial charge in [0.05, 0.1) is 49.4 Å². The maximum atomic E-state index is 14.9. The van der Waals surface area contributed by atoms with Crippen LogP contribution in [-0.2, 0) is 37.0 Å². The van der Waals surface area contributed by atoms with E-state index < -0.39 is 34.9 Å². The SMILES string of the molecule is Cc1c(C(OC(C)(C)C)C(=O)O)c(N2CCC(C)(OCCOCC(C)OCc3ccccc3)CC2)n2c(C)c(-c3cccc(-c4cc(F)c(F)cc4OCc4ccccc4)c3)nc2c1C. The van der Waals surface area contributed by atoms with Crippen molar-refractivity contribution in [1.29, 1.82) is 0 Å². The zero-order valence-electron chi connectivity index (χ0n) is 38.8. The molecule has 1 aliphatic heterocycles. The highest BCUT2D eigenvalue weighted by Gasteiger charge is 2.38. The Morgan fingerprint density at radius 2 is 1.46 bits per heavy atom. The van der Waals surface area contributed by atoms with Gasteiger partial charge in [0.25, 0.3) is 0 Å². The van der Waals surface area contributed by atoms with Gasteiger partial charge in [-0.3, -0.25) is 4.40 Å². The molecule has 12 heteroatoms. The Labute approximate surface area is 381 Å². The standard InChI is InChI=1S/C53H61F2N3O7/c1-34(62-32-38-16-11-9-12-17-38)31-61-26-27-64-53(8)22-24-57(25-23-53)50-46(48(51(59)60)65-52(5,6)7)35(2)36(3)49-56-47(37(4)58(49)50)41-21-15-20-40(28-41)42-29-43(54)44(55)30-45(42)63-33-39-18-13-10-14-19-39/h9-21,28-30,34,48H,22-27,31-33H2,1-8H3,(H,59,60). The van der Waals surface area contributed by atoms with E-state index in [2.05, 4.69) is 16.2 Å². The summed E-state index contributed by atoms with van der Waals surface area (Å²) in [6.45, 7) is 18.7. The first-order chi connectivity index (χ1) is 31.0. The van der Waals surface area contributed by atoms with Crippen molar-refractivity contribution in [3.05, 3.63) is 142 Å². The number of benzene rings is 4. The van der Waals surface area contributed by atoms with Gasteiger partial charge in [-0.25, -0.2) is 18.6 Å². The van der Waals surface area contributed by atoms with Crippen LogP contribution in [0.5, 0.6) is 5.75 Å². The summed E-state index contributed by atoms with van der Waals surface area (Å²) in [6.07, 6.45) is 0.0231. The molecule has 10 nitrogen and oxygen atoms in total. The van der Waals surface area contributed by atoms with Gasteiger partial charge >= 0.3 is 5.97 Å². The van der Waals surface area contributed by atoms with E-state index in [1.807, 2.05) is 133 Å². The number of rotatable bonds is 18. The molecule has 7 rings (SSSR count). The third-order valence-corrected chi connectivity index (χ3v) is 12.1. The van der Waals surface area contributed by atoms with Crippen molar-refractivity contribution in [2.45, 2.75) is 105 Å². The molecule has 0 spiro atoms. The van der Waals surface area contributed by atoms with Crippen molar-refractivity contribution in [3.8, 4) is 28.1 Å². The highest BCUT2D eigenvalue weighted by atomic mass is 19.2. The lowest BCUT2D eigenvalue weighted by atomic mass is 9.92. The van der Waals surface area contributed by atoms with Gasteiger partial charge in [-0.05, 0) is 108 Å². The number of carbonyl (C=O) groups is 1. The number of aliphatic carboxylic acids is 1. The summed E-state index contributed by atoms with van der Waals surface area (Å²) in [4.78, 5) is 20.7. The van der Waals surface area contributed by atoms with Crippen LogP contribution in [0.25, 0.3) is 28.0 Å². The van der Waals surface area contributed by atoms with E-state index >= 15 is 0 Å². The van der Waals surface area contributed by atoms with Crippen molar-refractivity contribution in [3.63, 3.8) is 0 Å². The molecule has 0 bridgehead atoms. The summed E-state index contributed by atoms with van der Waals surface area (Å²) in [6, 6.07) is 29.3. The minimum absolute atomic E-state index is 0.0667. The van der Waals surface area contributed by atoms with Crippen LogP contribution in [0.1, 0.15) is 87.1 Å². The van der Waals surface area contributed by atoms with E-state index in [1.54, 1.807) is 0 Å². The fraction of sp³-hybridized carbons (Fsp3) is 0.396. The number of piperidine rings is 1. The van der Waals surface area contributed by atoms with Crippen LogP contribution in [-0.4, -0.2) is 70.7 Å². The van der Waals surface area contributed by atoms with Gasteiger partial charge in [-0.2, -0.15) is 0 Å². The largest absolute Gasteiger partial charge is 0.488 e. The van der Waals surface area contributed by atoms with E-state index in [-0.39, 0.29) is 18.5 Å². The number of carboxylic acid groups (broad SMARTS) is 1. The molecule has 1 saturated heterocycles. The number of hydrogen-bond acceptors (Lipinski definition) is 8. The molecule has 1 aliphatic rings. The lowest BCUT2D eigenvalue weighted by Crippen LogP contribution is -2.46. The minimum Gasteiger partial charge on any atom is -0.488 e. The molecule has 0 amide bonds. The van der Waals surface area contributed by atoms with Gasteiger partial charge in [-0.1, -0.05) is 78.9 Å². The second kappa shape index (κ2) is 20.2. The maximum absolute atomic E-state index is 14.9. The molecule has 0 saturated carbocycles. The first-order valence-corrected chi connectivity index (χ1v) is 22.3. The Balaban J connectivity index is 1.17. The average Bonchev–Trinajstić information content (AvgIpc) is 3.63. The molecule has 2 aromatic heterocycles. The van der Waals surface area contributed by atoms with Crippen molar-refractivity contribution >= 4 is 17.4 Å². The Bertz CT molecular complexity index is 2580. The highest BCUT2D eigenvalue weighted by Crippen LogP contribution is 2.43. The number of anilines is 1. The summed E-state index contributed by atoms with van der Waals surface area (Å²) < 4.78 is 62.5. The summed E-state index contributed by atoms with van der Waals surface area (Å²) in [5.41, 5.74) is 6.86. The third kappa shape index (κ3) is 11.2. The smallest absolute Gasteiger partial charge is 0.337 e. The van der Waals surface area contributed by atoms with Gasteiger partial charge < -0.3 is 33.7 Å². The zero-order chi connectivity index (χ0) is 46.5. The van der Waals surface area contributed by atoms with E-state index in [9.17, 15) is 18.7 Å². The van der Waals surface area contributed by atoms with Crippen molar-refractivity contribution in [2.24, 2.45) is 0 Å². The molecule has 1 N–H and O–H groups in total. The summed E-state index contributed by atoms with van der Waals surface area (Å²) in [5.74, 6) is -2.16. The quantitative estimate of drug-likeness (QED) is 0.0845. The molecule has 0 aliphatic carbocycles. The monoisotopic (exact) mass is 889 g/mol. The number of halogens is 2. The molecule has 0 radical (unpaired) electrons. The molecule has 6 aromatic rings. The Hall–Kier alpha value is -5.66. The Morgan fingerprint density at radius 1 is 0.831 bits per heavy atom. The van der Waals surface area contributed by atoms with E-state index in [4.69, 9.17) is 28.7 Å². The summed E-state index contributed by atoms with van der Waals surface area (Å²) in [7, 11) is 0. The second-order valence-corrected chi connectivity index (χ2v) is 18.2. The molecule has 4 aromatic carbocycles. The lowest BCUT2D eigenvalue weighted by Gasteiger charge is -2.42. The topological polar surface area (TPSA) is 104 Å². The number of fused-ring (bicyclic) bond motifs is 1. The number of carboxylic acids is 1. The summed E-state index contributed by atoms with van der Waals surface area (Å²) in [5, 5.41) is 10.8. The van der Waals surface area contributed by atoms with Crippen molar-refractivity contribution in [1.82, 2.24) is 9.38 Å². The number of aromatic nitrogens is 2. The van der Waals surface area contributed by atoms with Crippen molar-refractivity contribution in [2.75, 3.05) is 37.8 Å². The molecule has 65 heavy (non-hydrogen) atoms. The molecular weight excluding hydrogens is 829 g/mol. The van der Waals surface area contributed by atoms with Crippen LogP contribution in [0.15, 0.2) is 97.1 Å². The average molecular weight is 890 g/mol. The molecule has 2 unspecified atom stereocenters. The molecule has 2 atom stereocenters. The minimum atomic E-state index is -1.27. The fourth-order valence-corrected chi connectivity index (χ4v) is 8.39. The molecule has 1 fully saturated rings. The van der Waals surface area contributed by atoms with Gasteiger partial charge in [0.2, 0.25) is 0 Å². The van der Waals surface area contributed by atoms with E-state index in [0.29, 0.717) is 86.2 Å². The number of hydrogen-bond donors (Lipinski definition) is 1. The van der Waals surface area contributed by atoms with Crippen LogP contribution >= 0.6 is 0 Å². The number of ether oxygens (including phenoxy) is 5. The summed E-state index contributed by atoms with van der Waals surface area (Å²) >= 11 is 0. The third-order valence-electron chi connectivity index (χ3n) is 12.1. The van der Waals surface area contributed by atoms with Crippen LogP contribution in [0.4, 0.5) is 14.6 Å². The number of nitrogens with zero attached hydrogens (tertiary/aromatic N) is 3. The second-order valence-electron chi connectivity index (χ2n) is 18.2. The van der Waals surface area contributed by atoms with Gasteiger partial charge in [0.15, 0.2) is 17.7 Å². The molecule has 344 valence electrons. The Morgan fingerprint density at radius 3 is 2.11 bits per heavy atom. The predicted molar refractivity (Wildman–Crippen MR) is 249 cm³/mol. The number of imidazole rings is 1. The van der Waals surface area contributed by atoms with Crippen LogP contribution in [0.2, 0.25) is 0 Å². The maximum Gasteiger partial charge on any atom is 0.337 e. The predicted octanol–water partition coefficient (Wildman–Crippen LogP) is 11.4. The number of pyridine rings is 1. The normalized spacial score (nSPS) is 15.0. The van der Waals surface area contributed by atoms with Gasteiger partial charge in [0, 0.05) is 41.5 Å². The van der Waals surface area contributed by atoms with Gasteiger partial charge in [0.1, 0.15) is 23.8 Å². The number of aryl methyl sites for hydroxylation is 2. The lowest BCUT2D eigenvalue weighted by molar-refractivity contribution is -0.160. The van der Waals surface area contributed by atoms with Crippen LogP contribution in [0.3, 0.4) is 0 Å². The highest BCUT2D eigenvalue weighted by molar-refractivity contribution is 5.82. The first kappa shape index (κ1) is 47.3. The Kier molecular flexibility index (Phi) is 14.7. The van der Waals surface area contributed by atoms with Crippen LogP contribution < -0.4 is 9.64 Å². The zero-order valence-corrected chi connectivity index (χ0v) is 38.8. The fourth-order valence-electron chi connectivity index (χ4n) is 8.39. The van der Waals surface area contributed by atoms with E-state index in [1.165, 1.54) is 0 Å². The molecular formula is C53H61F2N3O7. The molecule has 3 heterocycles. The van der Waals surface area contributed by atoms with Crippen molar-refractivity contribution < 1.29 is 42.4 Å². The van der Waals surface area contributed by atoms with Crippen LogP contribution in [0, 0.1) is 32.4 Å².